The first-order valence-corrected chi connectivity index (χ1v) is 8.41. The summed E-state index contributed by atoms with van der Waals surface area (Å²) in [6.07, 6.45) is -4.44. The van der Waals surface area contributed by atoms with Crippen molar-refractivity contribution in [1.82, 2.24) is 5.32 Å². The molecule has 0 aliphatic carbocycles. The largest absolute Gasteiger partial charge is 0.484 e. The summed E-state index contributed by atoms with van der Waals surface area (Å²) in [5.74, 6) is 5.03. The van der Waals surface area contributed by atoms with Gasteiger partial charge in [0.25, 0.3) is 5.91 Å². The Hall–Kier alpha value is -3.73. The average molecular weight is 401 g/mol. The molecule has 29 heavy (non-hydrogen) atoms. The third-order valence-corrected chi connectivity index (χ3v) is 3.76. The molecule has 148 valence electrons. The van der Waals surface area contributed by atoms with Crippen LogP contribution in [0.4, 0.5) is 13.2 Å². The highest BCUT2D eigenvalue weighted by molar-refractivity contribution is 5.79. The van der Waals surface area contributed by atoms with Crippen LogP contribution in [0, 0.1) is 11.8 Å². The second kappa shape index (κ2) is 8.52. The van der Waals surface area contributed by atoms with Gasteiger partial charge in [0.15, 0.2) is 6.61 Å². The van der Waals surface area contributed by atoms with Crippen LogP contribution < -0.4 is 15.7 Å². The van der Waals surface area contributed by atoms with Gasteiger partial charge in [-0.15, -0.1) is 0 Å². The number of carbonyl (C=O) groups is 1. The van der Waals surface area contributed by atoms with E-state index in [1.165, 1.54) is 24.3 Å². The third kappa shape index (κ3) is 5.62. The van der Waals surface area contributed by atoms with Gasteiger partial charge >= 0.3 is 11.8 Å². The van der Waals surface area contributed by atoms with Crippen LogP contribution in [0.3, 0.4) is 0 Å². The van der Waals surface area contributed by atoms with Crippen LogP contribution in [-0.4, -0.2) is 19.1 Å². The Labute approximate surface area is 163 Å². The monoisotopic (exact) mass is 401 g/mol. The summed E-state index contributed by atoms with van der Waals surface area (Å²) in [5, 5.41) is 3.20. The number of carbonyl (C=O) groups excluding carboxylic acids is 1. The first-order chi connectivity index (χ1) is 13.8. The van der Waals surface area contributed by atoms with Crippen LogP contribution >= 0.6 is 0 Å². The van der Waals surface area contributed by atoms with E-state index in [-0.39, 0.29) is 18.7 Å². The molecule has 0 fully saturated rings. The van der Waals surface area contributed by atoms with Gasteiger partial charge in [-0.1, -0.05) is 17.9 Å². The molecule has 1 N–H and O–H groups in total. The zero-order chi connectivity index (χ0) is 20.9. The number of ether oxygens (including phenoxy) is 1. The molecule has 0 spiro atoms. The van der Waals surface area contributed by atoms with Gasteiger partial charge in [0.2, 0.25) is 0 Å². The molecule has 0 saturated carbocycles. The second-order valence-corrected chi connectivity index (χ2v) is 5.90. The number of nitrogens with one attached hydrogen (secondary N) is 1. The smallest absolute Gasteiger partial charge is 0.416 e. The number of benzene rings is 2. The maximum Gasteiger partial charge on any atom is 0.416 e. The summed E-state index contributed by atoms with van der Waals surface area (Å²) >= 11 is 0. The van der Waals surface area contributed by atoms with Gasteiger partial charge in [-0.2, -0.15) is 13.2 Å². The first-order valence-electron chi connectivity index (χ1n) is 8.41. The molecule has 0 radical (unpaired) electrons. The molecule has 8 heteroatoms. The normalized spacial score (nSPS) is 10.9. The van der Waals surface area contributed by atoms with Crippen molar-refractivity contribution < 1.29 is 27.1 Å². The van der Waals surface area contributed by atoms with E-state index in [0.717, 1.165) is 12.1 Å². The second-order valence-electron chi connectivity index (χ2n) is 5.90. The zero-order valence-corrected chi connectivity index (χ0v) is 14.9. The van der Waals surface area contributed by atoms with E-state index in [1.807, 2.05) is 0 Å². The molecule has 0 saturated heterocycles. The molecule has 0 atom stereocenters. The quantitative estimate of drug-likeness (QED) is 0.538. The molecule has 1 amide bonds. The topological polar surface area (TPSA) is 68.5 Å². The number of rotatable bonds is 4. The lowest BCUT2D eigenvalue weighted by Gasteiger charge is -2.06. The molecule has 1 aromatic heterocycles. The first kappa shape index (κ1) is 20.0. The van der Waals surface area contributed by atoms with Crippen molar-refractivity contribution in [3.63, 3.8) is 0 Å². The fraction of sp³-hybridized carbons (Fsp3) is 0.143. The Balaban J connectivity index is 1.51. The number of hydrogen-bond donors (Lipinski definition) is 1. The molecule has 1 heterocycles. The summed E-state index contributed by atoms with van der Waals surface area (Å²) in [6, 6.07) is 12.3. The van der Waals surface area contributed by atoms with Crippen LogP contribution in [-0.2, 0) is 11.0 Å². The molecule has 0 bridgehead atoms. The lowest BCUT2D eigenvalue weighted by Crippen LogP contribution is -2.29. The van der Waals surface area contributed by atoms with Crippen molar-refractivity contribution in [2.45, 2.75) is 6.18 Å². The summed E-state index contributed by atoms with van der Waals surface area (Å²) in [5.41, 5.74) is -0.745. The standard InChI is InChI=1S/C21H14F3NO4/c22-21(23,24)16-5-1-3-14(11-16)4-2-10-25-19(26)13-28-17-8-6-15-7-9-20(27)29-18(15)12-17/h1,3,5-9,11-12H,10,13H2,(H,25,26). The lowest BCUT2D eigenvalue weighted by atomic mass is 10.1. The number of halogens is 3. The van der Waals surface area contributed by atoms with Gasteiger partial charge < -0.3 is 14.5 Å². The molecule has 5 nitrogen and oxygen atoms in total. The minimum absolute atomic E-state index is 0.0506. The fourth-order valence-corrected chi connectivity index (χ4v) is 2.39. The van der Waals surface area contributed by atoms with E-state index >= 15 is 0 Å². The highest BCUT2D eigenvalue weighted by Crippen LogP contribution is 2.29. The molecule has 3 aromatic rings. The van der Waals surface area contributed by atoms with Crippen molar-refractivity contribution in [3.8, 4) is 17.6 Å². The van der Waals surface area contributed by atoms with Crippen molar-refractivity contribution in [2.75, 3.05) is 13.2 Å². The van der Waals surface area contributed by atoms with E-state index in [9.17, 15) is 22.8 Å². The Bertz CT molecular complexity index is 1160. The fourth-order valence-electron chi connectivity index (χ4n) is 2.39. The maximum atomic E-state index is 12.7. The molecule has 0 aliphatic rings. The minimum atomic E-state index is -4.44. The van der Waals surface area contributed by atoms with E-state index in [4.69, 9.17) is 9.15 Å². The number of alkyl halides is 3. The number of fused-ring (bicyclic) bond motifs is 1. The van der Waals surface area contributed by atoms with Crippen molar-refractivity contribution in [2.24, 2.45) is 0 Å². The summed E-state index contributed by atoms with van der Waals surface area (Å²) in [7, 11) is 0. The van der Waals surface area contributed by atoms with Crippen LogP contribution in [0.15, 0.2) is 63.8 Å². The van der Waals surface area contributed by atoms with Crippen molar-refractivity contribution in [1.29, 1.82) is 0 Å². The Kier molecular flexibility index (Phi) is 5.88. The summed E-state index contributed by atoms with van der Waals surface area (Å²) in [4.78, 5) is 23.0. The molecular formula is C21H14F3NO4. The maximum absolute atomic E-state index is 12.7. The predicted molar refractivity (Wildman–Crippen MR) is 99.3 cm³/mol. The Morgan fingerprint density at radius 1 is 1.10 bits per heavy atom. The minimum Gasteiger partial charge on any atom is -0.484 e. The number of hydrogen-bond acceptors (Lipinski definition) is 4. The third-order valence-electron chi connectivity index (χ3n) is 3.76. The Morgan fingerprint density at radius 2 is 1.90 bits per heavy atom. The predicted octanol–water partition coefficient (Wildman–Crippen LogP) is 3.36. The van der Waals surface area contributed by atoms with E-state index in [2.05, 4.69) is 17.2 Å². The van der Waals surface area contributed by atoms with Crippen molar-refractivity contribution in [3.05, 3.63) is 76.1 Å². The molecule has 0 unspecified atom stereocenters. The Morgan fingerprint density at radius 3 is 2.69 bits per heavy atom. The number of amides is 1. The molecule has 0 aliphatic heterocycles. The van der Waals surface area contributed by atoms with E-state index in [0.29, 0.717) is 16.7 Å². The van der Waals surface area contributed by atoms with Gasteiger partial charge in [-0.05, 0) is 36.4 Å². The van der Waals surface area contributed by atoms with Gasteiger partial charge in [0, 0.05) is 23.1 Å². The summed E-state index contributed by atoms with van der Waals surface area (Å²) < 4.78 is 48.3. The van der Waals surface area contributed by atoms with Crippen LogP contribution in [0.25, 0.3) is 11.0 Å². The average Bonchev–Trinajstić information content (AvgIpc) is 2.69. The summed E-state index contributed by atoms with van der Waals surface area (Å²) in [6.45, 7) is -0.348. The van der Waals surface area contributed by atoms with Gasteiger partial charge in [-0.25, -0.2) is 4.79 Å². The van der Waals surface area contributed by atoms with E-state index < -0.39 is 23.3 Å². The zero-order valence-electron chi connectivity index (χ0n) is 14.9. The molecule has 2 aromatic carbocycles. The lowest BCUT2D eigenvalue weighted by molar-refractivity contribution is -0.137. The molecular weight excluding hydrogens is 387 g/mol. The van der Waals surface area contributed by atoms with E-state index in [1.54, 1.807) is 18.2 Å². The van der Waals surface area contributed by atoms with Crippen LogP contribution in [0.1, 0.15) is 11.1 Å². The van der Waals surface area contributed by atoms with Gasteiger partial charge in [0.05, 0.1) is 12.1 Å². The molecule has 3 rings (SSSR count). The van der Waals surface area contributed by atoms with Gasteiger partial charge in [-0.3, -0.25) is 4.79 Å². The SMILES string of the molecule is O=C(COc1ccc2ccc(=O)oc2c1)NCC#Cc1cccc(C(F)(F)F)c1. The van der Waals surface area contributed by atoms with Crippen LogP contribution in [0.2, 0.25) is 0 Å². The highest BCUT2D eigenvalue weighted by atomic mass is 19.4. The van der Waals surface area contributed by atoms with Gasteiger partial charge in [0.1, 0.15) is 11.3 Å². The van der Waals surface area contributed by atoms with Crippen LogP contribution in [0.5, 0.6) is 5.75 Å². The highest BCUT2D eigenvalue weighted by Gasteiger charge is 2.30. The van der Waals surface area contributed by atoms with Crippen molar-refractivity contribution >= 4 is 16.9 Å².